The molecule has 0 amide bonds. The number of methoxy groups -OCH3 is 1. The third-order valence-electron chi connectivity index (χ3n) is 3.18. The predicted molar refractivity (Wildman–Crippen MR) is 71.9 cm³/mol. The molecule has 2 unspecified atom stereocenters. The summed E-state index contributed by atoms with van der Waals surface area (Å²) in [4.78, 5) is 11.3. The van der Waals surface area contributed by atoms with Crippen LogP contribution in [0, 0.1) is 11.8 Å². The van der Waals surface area contributed by atoms with Gasteiger partial charge in [0.15, 0.2) is 0 Å². The smallest absolute Gasteiger partial charge is 0.307 e. The van der Waals surface area contributed by atoms with E-state index in [0.29, 0.717) is 18.1 Å². The van der Waals surface area contributed by atoms with Gasteiger partial charge in [-0.1, -0.05) is 36.7 Å². The number of hydrogen-bond donors (Lipinski definition) is 1. The molecule has 0 aliphatic rings. The number of carbonyl (C=O) groups is 1. The van der Waals surface area contributed by atoms with Crippen molar-refractivity contribution in [3.8, 4) is 0 Å². The summed E-state index contributed by atoms with van der Waals surface area (Å²) in [6, 6.07) is 7.38. The van der Waals surface area contributed by atoms with E-state index in [1.54, 1.807) is 13.2 Å². The van der Waals surface area contributed by atoms with Crippen LogP contribution in [0.4, 0.5) is 0 Å². The second kappa shape index (κ2) is 7.39. The van der Waals surface area contributed by atoms with Crippen LogP contribution in [0.2, 0.25) is 5.02 Å². The van der Waals surface area contributed by atoms with E-state index in [-0.39, 0.29) is 5.92 Å². The largest absolute Gasteiger partial charge is 0.481 e. The highest BCUT2D eigenvalue weighted by Gasteiger charge is 2.25. The quantitative estimate of drug-likeness (QED) is 0.827. The number of carboxylic acid groups (broad SMARTS) is 1. The highest BCUT2D eigenvalue weighted by molar-refractivity contribution is 6.31. The molecule has 0 spiro atoms. The summed E-state index contributed by atoms with van der Waals surface area (Å²) >= 11 is 6.06. The Hall–Kier alpha value is -1.06. The Kier molecular flexibility index (Phi) is 6.16. The molecule has 2 atom stereocenters. The van der Waals surface area contributed by atoms with Crippen molar-refractivity contribution in [2.75, 3.05) is 13.7 Å². The minimum atomic E-state index is -0.779. The zero-order valence-electron chi connectivity index (χ0n) is 10.7. The summed E-state index contributed by atoms with van der Waals surface area (Å²) in [5, 5.41) is 9.94. The highest BCUT2D eigenvalue weighted by Crippen LogP contribution is 2.25. The number of halogens is 1. The van der Waals surface area contributed by atoms with Crippen LogP contribution in [0.5, 0.6) is 0 Å². The van der Waals surface area contributed by atoms with Crippen LogP contribution < -0.4 is 0 Å². The number of rotatable bonds is 7. The van der Waals surface area contributed by atoms with Gasteiger partial charge in [-0.3, -0.25) is 4.79 Å². The zero-order chi connectivity index (χ0) is 13.5. The Labute approximate surface area is 113 Å². The maximum atomic E-state index is 11.3. The molecule has 0 aliphatic carbocycles. The van der Waals surface area contributed by atoms with Gasteiger partial charge in [0.25, 0.3) is 0 Å². The Morgan fingerprint density at radius 2 is 2.11 bits per heavy atom. The van der Waals surface area contributed by atoms with E-state index < -0.39 is 11.9 Å². The van der Waals surface area contributed by atoms with E-state index >= 15 is 0 Å². The number of hydrogen-bond acceptors (Lipinski definition) is 2. The average Bonchev–Trinajstić information content (AvgIpc) is 2.34. The van der Waals surface area contributed by atoms with E-state index in [9.17, 15) is 9.90 Å². The van der Waals surface area contributed by atoms with Crippen molar-refractivity contribution >= 4 is 17.6 Å². The van der Waals surface area contributed by atoms with Crippen LogP contribution in [-0.2, 0) is 16.0 Å². The lowest BCUT2D eigenvalue weighted by molar-refractivity contribution is -0.143. The first-order chi connectivity index (χ1) is 8.56. The van der Waals surface area contributed by atoms with Gasteiger partial charge in [0.05, 0.1) is 5.92 Å². The molecule has 0 saturated carbocycles. The fourth-order valence-electron chi connectivity index (χ4n) is 1.94. The molecule has 100 valence electrons. The fraction of sp³-hybridized carbons (Fsp3) is 0.500. The monoisotopic (exact) mass is 270 g/mol. The third-order valence-corrected chi connectivity index (χ3v) is 3.55. The second-order valence-corrected chi connectivity index (χ2v) is 4.91. The molecule has 0 aliphatic heterocycles. The van der Waals surface area contributed by atoms with Gasteiger partial charge in [0.1, 0.15) is 0 Å². The Bertz CT molecular complexity index is 392. The van der Waals surface area contributed by atoms with Gasteiger partial charge in [0.2, 0.25) is 0 Å². The summed E-state index contributed by atoms with van der Waals surface area (Å²) < 4.78 is 5.00. The van der Waals surface area contributed by atoms with Crippen molar-refractivity contribution in [2.24, 2.45) is 11.8 Å². The van der Waals surface area contributed by atoms with Gasteiger partial charge in [0, 0.05) is 18.7 Å². The zero-order valence-corrected chi connectivity index (χ0v) is 11.5. The molecule has 1 aromatic rings. The summed E-state index contributed by atoms with van der Waals surface area (Å²) in [5.41, 5.74) is 0.885. The molecule has 1 N–H and O–H groups in total. The van der Waals surface area contributed by atoms with E-state index in [1.165, 1.54) is 0 Å². The predicted octanol–water partition coefficient (Wildman–Crippen LogP) is 3.26. The molecule has 0 radical (unpaired) electrons. The topological polar surface area (TPSA) is 46.5 Å². The summed E-state index contributed by atoms with van der Waals surface area (Å²) in [6.45, 7) is 2.52. The van der Waals surface area contributed by atoms with Crippen molar-refractivity contribution in [2.45, 2.75) is 19.8 Å². The number of benzene rings is 1. The summed E-state index contributed by atoms with van der Waals surface area (Å²) in [5.74, 6) is -1.16. The number of carboxylic acids is 1. The molecule has 0 aromatic heterocycles. The van der Waals surface area contributed by atoms with Crippen LogP contribution in [-0.4, -0.2) is 24.8 Å². The van der Waals surface area contributed by atoms with E-state index in [0.717, 1.165) is 12.0 Å². The fourth-order valence-corrected chi connectivity index (χ4v) is 2.15. The molecule has 0 heterocycles. The number of ether oxygens (including phenoxy) is 1. The molecule has 18 heavy (non-hydrogen) atoms. The summed E-state index contributed by atoms with van der Waals surface area (Å²) in [6.07, 6.45) is 1.19. The van der Waals surface area contributed by atoms with E-state index in [1.807, 2.05) is 25.1 Å². The van der Waals surface area contributed by atoms with Crippen LogP contribution in [0.1, 0.15) is 18.9 Å². The average molecular weight is 271 g/mol. The first-order valence-electron chi connectivity index (χ1n) is 6.01. The molecule has 3 nitrogen and oxygen atoms in total. The Morgan fingerprint density at radius 3 is 2.67 bits per heavy atom. The Balaban J connectivity index is 2.75. The van der Waals surface area contributed by atoms with Gasteiger partial charge in [-0.15, -0.1) is 0 Å². The number of aliphatic carboxylic acids is 1. The molecule has 0 bridgehead atoms. The Morgan fingerprint density at radius 1 is 1.44 bits per heavy atom. The first kappa shape index (κ1) is 15.0. The second-order valence-electron chi connectivity index (χ2n) is 4.50. The maximum absolute atomic E-state index is 11.3. The lowest BCUT2D eigenvalue weighted by Gasteiger charge is -2.20. The van der Waals surface area contributed by atoms with E-state index in [4.69, 9.17) is 16.3 Å². The van der Waals surface area contributed by atoms with Crippen molar-refractivity contribution in [3.63, 3.8) is 0 Å². The molecule has 1 aromatic carbocycles. The van der Waals surface area contributed by atoms with Crippen LogP contribution in [0.15, 0.2) is 24.3 Å². The van der Waals surface area contributed by atoms with Gasteiger partial charge < -0.3 is 9.84 Å². The van der Waals surface area contributed by atoms with Crippen molar-refractivity contribution < 1.29 is 14.6 Å². The van der Waals surface area contributed by atoms with E-state index in [2.05, 4.69) is 0 Å². The highest BCUT2D eigenvalue weighted by atomic mass is 35.5. The normalized spacial score (nSPS) is 14.2. The molecule has 0 fully saturated rings. The molecule has 4 heteroatoms. The van der Waals surface area contributed by atoms with Gasteiger partial charge in [-0.2, -0.15) is 0 Å². The first-order valence-corrected chi connectivity index (χ1v) is 6.39. The van der Waals surface area contributed by atoms with Crippen LogP contribution >= 0.6 is 11.6 Å². The van der Waals surface area contributed by atoms with Crippen molar-refractivity contribution in [1.29, 1.82) is 0 Å². The van der Waals surface area contributed by atoms with Gasteiger partial charge >= 0.3 is 5.97 Å². The standard InChI is InChI=1S/C14H19ClO3/c1-10(7-8-18-2)12(14(16)17)9-11-5-3-4-6-13(11)15/h3-6,10,12H,7-9H2,1-2H3,(H,16,17). The molecule has 0 saturated heterocycles. The van der Waals surface area contributed by atoms with Crippen molar-refractivity contribution in [1.82, 2.24) is 0 Å². The lowest BCUT2D eigenvalue weighted by atomic mass is 9.86. The lowest BCUT2D eigenvalue weighted by Crippen LogP contribution is -2.25. The molecular weight excluding hydrogens is 252 g/mol. The summed E-state index contributed by atoms with van der Waals surface area (Å²) in [7, 11) is 1.62. The van der Waals surface area contributed by atoms with Gasteiger partial charge in [-0.05, 0) is 30.4 Å². The minimum absolute atomic E-state index is 0.0544. The minimum Gasteiger partial charge on any atom is -0.481 e. The maximum Gasteiger partial charge on any atom is 0.307 e. The molecule has 1 rings (SSSR count). The van der Waals surface area contributed by atoms with Crippen LogP contribution in [0.3, 0.4) is 0 Å². The SMILES string of the molecule is COCCC(C)C(Cc1ccccc1Cl)C(=O)O. The third kappa shape index (κ3) is 4.31. The van der Waals surface area contributed by atoms with Crippen molar-refractivity contribution in [3.05, 3.63) is 34.9 Å². The van der Waals surface area contributed by atoms with Crippen LogP contribution in [0.25, 0.3) is 0 Å². The van der Waals surface area contributed by atoms with Gasteiger partial charge in [-0.25, -0.2) is 0 Å². The molecular formula is C14H19ClO3.